The van der Waals surface area contributed by atoms with Crippen LogP contribution in [0.3, 0.4) is 0 Å². The molecule has 0 aliphatic carbocycles. The van der Waals surface area contributed by atoms with Gasteiger partial charge in [0.2, 0.25) is 0 Å². The van der Waals surface area contributed by atoms with E-state index in [0.717, 1.165) is 18.8 Å². The lowest BCUT2D eigenvalue weighted by Crippen LogP contribution is -2.30. The fraction of sp³-hybridized carbons (Fsp3) is 0.429. The first-order valence-electron chi connectivity index (χ1n) is 6.38. The number of nitrogens with one attached hydrogen (secondary N) is 1. The Balaban J connectivity index is 1.94. The van der Waals surface area contributed by atoms with Gasteiger partial charge in [-0.2, -0.15) is 10.4 Å². The third kappa shape index (κ3) is 3.04. The third-order valence-corrected chi connectivity index (χ3v) is 3.42. The first-order valence-corrected chi connectivity index (χ1v) is 6.38. The molecule has 19 heavy (non-hydrogen) atoms. The largest absolute Gasteiger partial charge is 0.340 e. The Kier molecular flexibility index (Phi) is 4.03. The van der Waals surface area contributed by atoms with Crippen LogP contribution in [0.5, 0.6) is 0 Å². The maximum atomic E-state index is 9.00. The van der Waals surface area contributed by atoms with Gasteiger partial charge in [0.05, 0.1) is 6.54 Å². The molecule has 0 fully saturated rings. The van der Waals surface area contributed by atoms with E-state index in [1.807, 2.05) is 41.5 Å². The van der Waals surface area contributed by atoms with Gasteiger partial charge in [-0.15, -0.1) is 0 Å². The topological polar surface area (TPSA) is 58.6 Å². The molecule has 100 valence electrons. The minimum absolute atomic E-state index is 0.324. The summed E-state index contributed by atoms with van der Waals surface area (Å²) in [5, 5.41) is 16.7. The first-order chi connectivity index (χ1) is 9.11. The van der Waals surface area contributed by atoms with Crippen molar-refractivity contribution in [2.75, 3.05) is 0 Å². The van der Waals surface area contributed by atoms with Crippen LogP contribution in [0.25, 0.3) is 0 Å². The van der Waals surface area contributed by atoms with Crippen LogP contribution in [0.1, 0.15) is 23.9 Å². The lowest BCUT2D eigenvalue weighted by molar-refractivity contribution is 0.450. The molecule has 5 nitrogen and oxygen atoms in total. The summed E-state index contributed by atoms with van der Waals surface area (Å²) in [4.78, 5) is 0. The standard InChI is InChI=1S/C14H19N5/c1-11(10-19-6-4-5-17-19)16-9-13-7-14(8-15)18(3)12(13)2/h4-7,11,16H,9-10H2,1-3H3/t11-/m1/s1. The van der Waals surface area contributed by atoms with Crippen LogP contribution >= 0.6 is 0 Å². The minimum Gasteiger partial charge on any atom is -0.340 e. The average molecular weight is 257 g/mol. The van der Waals surface area contributed by atoms with Gasteiger partial charge in [0.1, 0.15) is 11.8 Å². The summed E-state index contributed by atoms with van der Waals surface area (Å²) in [5.41, 5.74) is 3.01. The summed E-state index contributed by atoms with van der Waals surface area (Å²) in [6, 6.07) is 6.40. The second kappa shape index (κ2) is 5.72. The number of nitriles is 1. The van der Waals surface area contributed by atoms with Gasteiger partial charge in [0.25, 0.3) is 0 Å². The van der Waals surface area contributed by atoms with Gasteiger partial charge in [-0.25, -0.2) is 0 Å². The number of aromatic nitrogens is 3. The zero-order chi connectivity index (χ0) is 13.8. The number of hydrogen-bond acceptors (Lipinski definition) is 3. The lowest BCUT2D eigenvalue weighted by atomic mass is 10.2. The van der Waals surface area contributed by atoms with Gasteiger partial charge in [-0.05, 0) is 31.5 Å². The Morgan fingerprint density at radius 1 is 1.53 bits per heavy atom. The van der Waals surface area contributed by atoms with Gasteiger partial charge < -0.3 is 9.88 Å². The van der Waals surface area contributed by atoms with E-state index in [4.69, 9.17) is 5.26 Å². The highest BCUT2D eigenvalue weighted by atomic mass is 15.3. The predicted molar refractivity (Wildman–Crippen MR) is 73.4 cm³/mol. The molecule has 0 aliphatic heterocycles. The summed E-state index contributed by atoms with van der Waals surface area (Å²) in [5.74, 6) is 0. The maximum absolute atomic E-state index is 9.00. The molecule has 5 heteroatoms. The minimum atomic E-state index is 0.324. The quantitative estimate of drug-likeness (QED) is 0.884. The highest BCUT2D eigenvalue weighted by Crippen LogP contribution is 2.13. The number of rotatable bonds is 5. The molecule has 1 N–H and O–H groups in total. The summed E-state index contributed by atoms with van der Waals surface area (Å²) in [6.45, 7) is 5.77. The molecule has 0 spiro atoms. The van der Waals surface area contributed by atoms with Crippen molar-refractivity contribution in [3.05, 3.63) is 41.5 Å². The van der Waals surface area contributed by atoms with E-state index in [2.05, 4.69) is 23.4 Å². The van der Waals surface area contributed by atoms with E-state index < -0.39 is 0 Å². The van der Waals surface area contributed by atoms with Crippen LogP contribution in [0.4, 0.5) is 0 Å². The molecule has 0 amide bonds. The van der Waals surface area contributed by atoms with E-state index in [1.54, 1.807) is 6.20 Å². The van der Waals surface area contributed by atoms with Crippen LogP contribution in [0, 0.1) is 18.3 Å². The molecule has 2 aromatic rings. The number of nitrogens with zero attached hydrogens (tertiary/aromatic N) is 4. The first kappa shape index (κ1) is 13.4. The van der Waals surface area contributed by atoms with Crippen molar-refractivity contribution in [1.82, 2.24) is 19.7 Å². The molecule has 0 aromatic carbocycles. The molecule has 0 radical (unpaired) electrons. The fourth-order valence-corrected chi connectivity index (χ4v) is 2.09. The molecule has 2 rings (SSSR count). The Bertz CT molecular complexity index is 574. The van der Waals surface area contributed by atoms with Crippen LogP contribution in [0.15, 0.2) is 24.5 Å². The van der Waals surface area contributed by atoms with Gasteiger partial charge >= 0.3 is 0 Å². The highest BCUT2D eigenvalue weighted by molar-refractivity contribution is 5.34. The van der Waals surface area contributed by atoms with Gasteiger partial charge in [-0.3, -0.25) is 4.68 Å². The summed E-state index contributed by atoms with van der Waals surface area (Å²) in [6.07, 6.45) is 3.74. The molecule has 0 saturated heterocycles. The van der Waals surface area contributed by atoms with E-state index >= 15 is 0 Å². The second-order valence-corrected chi connectivity index (χ2v) is 4.82. The molecule has 0 aliphatic rings. The molecule has 0 saturated carbocycles. The van der Waals surface area contributed by atoms with Crippen molar-refractivity contribution in [3.63, 3.8) is 0 Å². The lowest BCUT2D eigenvalue weighted by Gasteiger charge is -2.13. The molecular weight excluding hydrogens is 238 g/mol. The van der Waals surface area contributed by atoms with Crippen molar-refractivity contribution in [1.29, 1.82) is 5.26 Å². The Labute approximate surface area is 113 Å². The second-order valence-electron chi connectivity index (χ2n) is 4.82. The Morgan fingerprint density at radius 3 is 2.89 bits per heavy atom. The summed E-state index contributed by atoms with van der Waals surface area (Å²) < 4.78 is 3.84. The smallest absolute Gasteiger partial charge is 0.120 e. The van der Waals surface area contributed by atoms with E-state index in [-0.39, 0.29) is 0 Å². The van der Waals surface area contributed by atoms with Gasteiger partial charge in [0, 0.05) is 37.7 Å². The van der Waals surface area contributed by atoms with Crippen LogP contribution in [-0.4, -0.2) is 20.4 Å². The summed E-state index contributed by atoms with van der Waals surface area (Å²) in [7, 11) is 1.92. The molecule has 0 unspecified atom stereocenters. The fourth-order valence-electron chi connectivity index (χ4n) is 2.09. The third-order valence-electron chi connectivity index (χ3n) is 3.42. The van der Waals surface area contributed by atoms with Crippen molar-refractivity contribution in [2.24, 2.45) is 7.05 Å². The zero-order valence-corrected chi connectivity index (χ0v) is 11.6. The van der Waals surface area contributed by atoms with Crippen LogP contribution in [-0.2, 0) is 20.1 Å². The van der Waals surface area contributed by atoms with Crippen LogP contribution < -0.4 is 5.32 Å². The molecule has 2 heterocycles. The molecular formula is C14H19N5. The zero-order valence-electron chi connectivity index (χ0n) is 11.6. The average Bonchev–Trinajstić information content (AvgIpc) is 2.98. The highest BCUT2D eigenvalue weighted by Gasteiger charge is 2.10. The van der Waals surface area contributed by atoms with E-state index in [0.29, 0.717) is 11.7 Å². The maximum Gasteiger partial charge on any atom is 0.120 e. The molecule has 0 bridgehead atoms. The van der Waals surface area contributed by atoms with Crippen LogP contribution in [0.2, 0.25) is 0 Å². The predicted octanol–water partition coefficient (Wildman–Crippen LogP) is 1.58. The van der Waals surface area contributed by atoms with E-state index in [1.165, 1.54) is 5.56 Å². The SMILES string of the molecule is Cc1c(CN[C@H](C)Cn2cccn2)cc(C#N)n1C. The molecule has 2 aromatic heterocycles. The van der Waals surface area contributed by atoms with Crippen molar-refractivity contribution in [3.8, 4) is 6.07 Å². The molecule has 1 atom stereocenters. The van der Waals surface area contributed by atoms with Crippen molar-refractivity contribution >= 4 is 0 Å². The Hall–Kier alpha value is -2.06. The van der Waals surface area contributed by atoms with Gasteiger partial charge in [0.15, 0.2) is 0 Å². The Morgan fingerprint density at radius 2 is 2.32 bits per heavy atom. The monoisotopic (exact) mass is 257 g/mol. The van der Waals surface area contributed by atoms with Gasteiger partial charge in [-0.1, -0.05) is 0 Å². The number of hydrogen-bond donors (Lipinski definition) is 1. The van der Waals surface area contributed by atoms with Crippen molar-refractivity contribution in [2.45, 2.75) is 33.0 Å². The normalized spacial score (nSPS) is 12.3. The van der Waals surface area contributed by atoms with E-state index in [9.17, 15) is 0 Å². The summed E-state index contributed by atoms with van der Waals surface area (Å²) >= 11 is 0. The van der Waals surface area contributed by atoms with Crippen molar-refractivity contribution < 1.29 is 0 Å².